The highest BCUT2D eigenvalue weighted by molar-refractivity contribution is 7.48. The molecule has 1 aliphatic heterocycles. The highest BCUT2D eigenvalue weighted by Crippen LogP contribution is 2.54. The largest absolute Gasteiger partial charge is 0.480 e. The molecule has 3 N–H and O–H groups in total. The lowest BCUT2D eigenvalue weighted by Gasteiger charge is -2.32. The number of carbonyl (C=O) groups is 3. The van der Waals surface area contributed by atoms with Gasteiger partial charge in [-0.1, -0.05) is 48.5 Å². The molecule has 5 atom stereocenters. The van der Waals surface area contributed by atoms with Crippen LogP contribution < -0.4 is 17.0 Å². The molecule has 1 unspecified atom stereocenters. The van der Waals surface area contributed by atoms with Gasteiger partial charge in [-0.15, -0.1) is 0 Å². The van der Waals surface area contributed by atoms with E-state index >= 15 is 0 Å². The van der Waals surface area contributed by atoms with Gasteiger partial charge >= 0.3 is 31.4 Å². The normalized spacial score (nSPS) is 23.7. The molecule has 0 radical (unpaired) electrons. The molecular formula is C28H45FN3O14P. The predicted molar refractivity (Wildman–Crippen MR) is 160 cm³/mol. The number of aromatic nitrogens is 2. The topological polar surface area (TPSA) is 223 Å². The second-order valence-corrected chi connectivity index (χ2v) is 13.9. The molecule has 0 saturated carbocycles. The number of hydrogen-bond acceptors (Lipinski definition) is 15. The molecular weight excluding hydrogens is 652 g/mol. The van der Waals surface area contributed by atoms with E-state index in [4.69, 9.17) is 38.3 Å². The van der Waals surface area contributed by atoms with Crippen molar-refractivity contribution in [3.05, 3.63) is 33.1 Å². The lowest BCUT2D eigenvalue weighted by atomic mass is 9.80. The second-order valence-electron chi connectivity index (χ2n) is 12.2. The average Bonchev–Trinajstić information content (AvgIpc) is 3.20. The van der Waals surface area contributed by atoms with Gasteiger partial charge in [-0.05, 0) is 12.8 Å². The van der Waals surface area contributed by atoms with E-state index in [0.29, 0.717) is 4.57 Å². The van der Waals surface area contributed by atoms with Crippen LogP contribution >= 0.6 is 7.82 Å². The quantitative estimate of drug-likeness (QED) is 0.102. The van der Waals surface area contributed by atoms with Gasteiger partial charge in [0.25, 0.3) is 5.56 Å². The van der Waals surface area contributed by atoms with E-state index in [0.717, 1.165) is 16.8 Å². The van der Waals surface area contributed by atoms with Crippen LogP contribution in [-0.4, -0.2) is 76.3 Å². The van der Waals surface area contributed by atoms with E-state index in [-0.39, 0.29) is 5.92 Å². The molecule has 2 heterocycles. The number of carbonyl (C=O) groups excluding carboxylic acids is 3. The van der Waals surface area contributed by atoms with Gasteiger partial charge in [0.05, 0.1) is 18.4 Å². The molecule has 0 amide bonds. The monoisotopic (exact) mass is 697 g/mol. The summed E-state index contributed by atoms with van der Waals surface area (Å²) in [6.45, 7) is 7.24. The molecule has 1 saturated heterocycles. The Morgan fingerprint density at radius 2 is 1.53 bits per heavy atom. The van der Waals surface area contributed by atoms with Crippen LogP contribution in [-0.2, 0) is 58.2 Å². The maximum absolute atomic E-state index is 14.9. The van der Waals surface area contributed by atoms with Crippen molar-refractivity contribution in [2.75, 3.05) is 26.9 Å². The summed E-state index contributed by atoms with van der Waals surface area (Å²) in [6.07, 6.45) is -0.641. The molecule has 2 rings (SSSR count). The molecule has 1 aromatic rings. The molecule has 0 bridgehead atoms. The van der Waals surface area contributed by atoms with E-state index in [1.165, 1.54) is 13.8 Å². The van der Waals surface area contributed by atoms with E-state index < -0.39 is 112 Å². The smallest absolute Gasteiger partial charge is 0.442 e. The minimum atomic E-state index is -4.77. The van der Waals surface area contributed by atoms with Gasteiger partial charge in [-0.3, -0.25) is 28.3 Å². The SMILES string of the molecule is CC(C)C(=O)OCOP(=O)(OCOC(=O)C(C)C)OC[C@@]1(CF)O[C@@H](n2ccc(=O)n(COC(=O)C(N)C(C)C)c2=O)[C@](C)(O)[C@@H]1C. The van der Waals surface area contributed by atoms with Crippen molar-refractivity contribution < 1.29 is 61.0 Å². The van der Waals surface area contributed by atoms with Crippen molar-refractivity contribution in [3.63, 3.8) is 0 Å². The van der Waals surface area contributed by atoms with E-state index in [1.54, 1.807) is 41.5 Å². The number of rotatable bonds is 17. The van der Waals surface area contributed by atoms with Crippen LogP contribution in [0, 0.1) is 23.7 Å². The number of aliphatic hydroxyl groups is 1. The molecule has 0 aromatic carbocycles. The Labute approximate surface area is 270 Å². The number of nitrogens with zero attached hydrogens (tertiary/aromatic N) is 2. The Hall–Kier alpha value is -2.99. The van der Waals surface area contributed by atoms with Crippen molar-refractivity contribution in [1.29, 1.82) is 0 Å². The maximum Gasteiger partial charge on any atom is 0.480 e. The summed E-state index contributed by atoms with van der Waals surface area (Å²) in [5, 5.41) is 11.5. The standard InChI is InChI=1S/C28H45FN3O14P/c1-16(2)21(30)24(36)40-13-32-20(33)9-10-31(26(32)37)25-27(8,38)19(7)28(11-29,46-25)12-43-47(39,44-14-41-22(34)17(3)4)45-15-42-23(35)18(5)6/h9-10,16-19,21,25,38H,11-15,30H2,1-8H3/t19-,21?,25+,27+,28+/m0/s1. The molecule has 1 aromatic heterocycles. The van der Waals surface area contributed by atoms with Crippen LogP contribution in [0.3, 0.4) is 0 Å². The minimum absolute atomic E-state index is 0.289. The van der Waals surface area contributed by atoms with Gasteiger partial charge in [-0.2, -0.15) is 0 Å². The van der Waals surface area contributed by atoms with E-state index in [9.17, 15) is 38.0 Å². The molecule has 0 spiro atoms. The third kappa shape index (κ3) is 9.78. The highest BCUT2D eigenvalue weighted by Gasteiger charge is 2.61. The molecule has 17 nitrogen and oxygen atoms in total. The summed E-state index contributed by atoms with van der Waals surface area (Å²) in [6, 6.07) is -0.0736. The van der Waals surface area contributed by atoms with Crippen molar-refractivity contribution in [2.45, 2.75) is 85.6 Å². The Balaban J connectivity index is 2.35. The first kappa shape index (κ1) is 40.2. The van der Waals surface area contributed by atoms with Crippen LogP contribution in [0.2, 0.25) is 0 Å². The number of esters is 3. The Bertz CT molecular complexity index is 1400. The van der Waals surface area contributed by atoms with Crippen molar-refractivity contribution >= 4 is 25.7 Å². The third-order valence-corrected chi connectivity index (χ3v) is 8.94. The van der Waals surface area contributed by atoms with Gasteiger partial charge < -0.3 is 29.8 Å². The van der Waals surface area contributed by atoms with Crippen LogP contribution in [0.4, 0.5) is 4.39 Å². The third-order valence-electron chi connectivity index (χ3n) is 7.65. The molecule has 19 heteroatoms. The number of alkyl halides is 1. The van der Waals surface area contributed by atoms with Crippen LogP contribution in [0.15, 0.2) is 21.9 Å². The summed E-state index contributed by atoms with van der Waals surface area (Å²) in [4.78, 5) is 61.8. The van der Waals surface area contributed by atoms with Crippen molar-refractivity contribution in [2.24, 2.45) is 29.4 Å². The van der Waals surface area contributed by atoms with Gasteiger partial charge in [0, 0.05) is 18.2 Å². The van der Waals surface area contributed by atoms with Gasteiger partial charge in [0.1, 0.15) is 23.9 Å². The van der Waals surface area contributed by atoms with E-state index in [2.05, 4.69) is 0 Å². The summed E-state index contributed by atoms with van der Waals surface area (Å²) in [5.41, 5.74) is -0.292. The number of ether oxygens (including phenoxy) is 4. The minimum Gasteiger partial charge on any atom is -0.442 e. The summed E-state index contributed by atoms with van der Waals surface area (Å²) < 4.78 is 65.8. The van der Waals surface area contributed by atoms with Crippen LogP contribution in [0.5, 0.6) is 0 Å². The zero-order valence-corrected chi connectivity index (χ0v) is 28.6. The fourth-order valence-corrected chi connectivity index (χ4v) is 5.09. The first-order chi connectivity index (χ1) is 21.7. The number of phosphoric ester groups is 1. The zero-order valence-electron chi connectivity index (χ0n) is 27.7. The number of nitrogens with two attached hydrogens (primary N) is 1. The fourth-order valence-electron chi connectivity index (χ4n) is 4.13. The predicted octanol–water partition coefficient (Wildman–Crippen LogP) is 1.59. The summed E-state index contributed by atoms with van der Waals surface area (Å²) in [5.74, 6) is -4.88. The molecule has 47 heavy (non-hydrogen) atoms. The van der Waals surface area contributed by atoms with E-state index in [1.807, 2.05) is 0 Å². The fraction of sp³-hybridized carbons (Fsp3) is 0.750. The first-order valence-electron chi connectivity index (χ1n) is 14.8. The lowest BCUT2D eigenvalue weighted by molar-refractivity contribution is -0.160. The summed E-state index contributed by atoms with van der Waals surface area (Å²) >= 11 is 0. The van der Waals surface area contributed by atoms with Gasteiger partial charge in [-0.25, -0.2) is 27.4 Å². The maximum atomic E-state index is 14.9. The second kappa shape index (κ2) is 16.4. The van der Waals surface area contributed by atoms with Crippen LogP contribution in [0.25, 0.3) is 0 Å². The van der Waals surface area contributed by atoms with Crippen LogP contribution in [0.1, 0.15) is 61.6 Å². The van der Waals surface area contributed by atoms with Gasteiger partial charge in [0.15, 0.2) is 13.0 Å². The average molecular weight is 698 g/mol. The highest BCUT2D eigenvalue weighted by atomic mass is 31.2. The molecule has 1 fully saturated rings. The van der Waals surface area contributed by atoms with Gasteiger partial charge in [0.2, 0.25) is 13.6 Å². The molecule has 0 aliphatic carbocycles. The number of hydrogen-bond donors (Lipinski definition) is 2. The summed E-state index contributed by atoms with van der Waals surface area (Å²) in [7, 11) is -4.77. The number of halogens is 1. The lowest BCUT2D eigenvalue weighted by Crippen LogP contribution is -2.48. The Morgan fingerprint density at radius 1 is 1.00 bits per heavy atom. The Morgan fingerprint density at radius 3 is 2.00 bits per heavy atom. The number of phosphoric acid groups is 1. The Kier molecular flexibility index (Phi) is 14.0. The van der Waals surface area contributed by atoms with Crippen molar-refractivity contribution in [1.82, 2.24) is 9.13 Å². The zero-order chi connectivity index (χ0) is 35.9. The first-order valence-corrected chi connectivity index (χ1v) is 16.3. The van der Waals surface area contributed by atoms with Crippen molar-refractivity contribution in [3.8, 4) is 0 Å². The molecule has 1 aliphatic rings. The molecule has 268 valence electrons.